The zero-order chi connectivity index (χ0) is 13.7. The first-order valence-electron chi connectivity index (χ1n) is 8.19. The summed E-state index contributed by atoms with van der Waals surface area (Å²) in [4.78, 5) is 2.72. The van der Waals surface area contributed by atoms with Gasteiger partial charge in [-0.1, -0.05) is 24.3 Å². The fourth-order valence-corrected chi connectivity index (χ4v) is 4.36. The molecular formula is C18H26N2. The van der Waals surface area contributed by atoms with Crippen LogP contribution in [0.4, 0.5) is 0 Å². The molecule has 1 aliphatic carbocycles. The van der Waals surface area contributed by atoms with Gasteiger partial charge in [0.15, 0.2) is 0 Å². The van der Waals surface area contributed by atoms with E-state index in [0.717, 1.165) is 24.3 Å². The molecule has 2 aliphatic heterocycles. The van der Waals surface area contributed by atoms with E-state index in [1.807, 2.05) is 0 Å². The molecule has 2 nitrogen and oxygen atoms in total. The number of nitrogens with zero attached hydrogens (tertiary/aromatic N) is 1. The van der Waals surface area contributed by atoms with E-state index in [-0.39, 0.29) is 0 Å². The smallest absolute Gasteiger partial charge is 0.0239 e. The van der Waals surface area contributed by atoms with Gasteiger partial charge < -0.3 is 5.32 Å². The Balaban J connectivity index is 1.52. The number of benzene rings is 1. The summed E-state index contributed by atoms with van der Waals surface area (Å²) in [5, 5.41) is 3.57. The summed E-state index contributed by atoms with van der Waals surface area (Å²) in [6.45, 7) is 9.69. The molecule has 0 aromatic heterocycles. The third-order valence-electron chi connectivity index (χ3n) is 5.89. The quantitative estimate of drug-likeness (QED) is 0.908. The van der Waals surface area contributed by atoms with Crippen LogP contribution in [0, 0.1) is 11.8 Å². The molecule has 0 bridgehead atoms. The predicted molar refractivity (Wildman–Crippen MR) is 82.8 cm³/mol. The molecule has 20 heavy (non-hydrogen) atoms. The summed E-state index contributed by atoms with van der Waals surface area (Å²) < 4.78 is 0. The van der Waals surface area contributed by atoms with Crippen LogP contribution in [0.5, 0.6) is 0 Å². The lowest BCUT2D eigenvalue weighted by molar-refractivity contribution is 0.132. The van der Waals surface area contributed by atoms with Crippen molar-refractivity contribution in [2.24, 2.45) is 11.8 Å². The summed E-state index contributed by atoms with van der Waals surface area (Å²) in [5.41, 5.74) is 3.42. The van der Waals surface area contributed by atoms with Gasteiger partial charge in [0.1, 0.15) is 0 Å². The molecule has 1 N–H and O–H groups in total. The van der Waals surface area contributed by atoms with Crippen molar-refractivity contribution in [1.29, 1.82) is 0 Å². The van der Waals surface area contributed by atoms with Gasteiger partial charge in [0.2, 0.25) is 0 Å². The van der Waals surface area contributed by atoms with Crippen LogP contribution in [0.1, 0.15) is 43.7 Å². The van der Waals surface area contributed by atoms with Crippen LogP contribution in [0.15, 0.2) is 24.3 Å². The third kappa shape index (κ3) is 2.10. The minimum atomic E-state index is 0.337. The highest BCUT2D eigenvalue weighted by atomic mass is 15.2. The Hall–Kier alpha value is -0.860. The predicted octanol–water partition coefficient (Wildman–Crippen LogP) is 2.99. The summed E-state index contributed by atoms with van der Waals surface area (Å²) in [6, 6.07) is 9.35. The van der Waals surface area contributed by atoms with Crippen LogP contribution in [-0.2, 0) is 6.54 Å². The molecule has 2 atom stereocenters. The Kier molecular flexibility index (Phi) is 2.94. The normalized spacial score (nSPS) is 32.5. The minimum absolute atomic E-state index is 0.337. The van der Waals surface area contributed by atoms with E-state index in [9.17, 15) is 0 Å². The molecule has 4 rings (SSSR count). The van der Waals surface area contributed by atoms with Gasteiger partial charge in [-0.05, 0) is 62.1 Å². The maximum absolute atomic E-state index is 3.57. The van der Waals surface area contributed by atoms with Gasteiger partial charge in [-0.3, -0.25) is 4.90 Å². The standard InChI is InChI=1S/C18H26N2/c1-18(2)17-10-19-9-16(17)12-20(18)11-13-4-3-5-15(8-13)14-6-7-14/h3-5,8,14,16-17,19H,6-7,9-12H2,1-2H3. The summed E-state index contributed by atoms with van der Waals surface area (Å²) >= 11 is 0. The fourth-order valence-electron chi connectivity index (χ4n) is 4.36. The van der Waals surface area contributed by atoms with Crippen LogP contribution in [0.3, 0.4) is 0 Å². The van der Waals surface area contributed by atoms with Crippen LogP contribution in [-0.4, -0.2) is 30.1 Å². The third-order valence-corrected chi connectivity index (χ3v) is 5.89. The molecule has 2 heterocycles. The SMILES string of the molecule is CC1(C)C2CNCC2CN1Cc1cccc(C2CC2)c1. The molecular weight excluding hydrogens is 244 g/mol. The van der Waals surface area contributed by atoms with Crippen molar-refractivity contribution >= 4 is 0 Å². The Bertz CT molecular complexity index is 504. The number of fused-ring (bicyclic) bond motifs is 1. The molecule has 3 fully saturated rings. The van der Waals surface area contributed by atoms with Crippen molar-refractivity contribution in [3.8, 4) is 0 Å². The lowest BCUT2D eigenvalue weighted by Crippen LogP contribution is -2.43. The van der Waals surface area contributed by atoms with Crippen molar-refractivity contribution < 1.29 is 0 Å². The molecule has 2 unspecified atom stereocenters. The summed E-state index contributed by atoms with van der Waals surface area (Å²) in [5.74, 6) is 2.55. The Morgan fingerprint density at radius 1 is 1.25 bits per heavy atom. The van der Waals surface area contributed by atoms with Gasteiger partial charge in [-0.15, -0.1) is 0 Å². The van der Waals surface area contributed by atoms with Gasteiger partial charge in [0, 0.05) is 25.2 Å². The first-order valence-corrected chi connectivity index (χ1v) is 8.19. The minimum Gasteiger partial charge on any atom is -0.316 e. The number of likely N-dealkylation sites (tertiary alicyclic amines) is 1. The lowest BCUT2D eigenvalue weighted by atomic mass is 9.85. The number of nitrogens with one attached hydrogen (secondary N) is 1. The van der Waals surface area contributed by atoms with Gasteiger partial charge >= 0.3 is 0 Å². The molecule has 0 radical (unpaired) electrons. The highest BCUT2D eigenvalue weighted by Crippen LogP contribution is 2.42. The van der Waals surface area contributed by atoms with Gasteiger partial charge in [-0.25, -0.2) is 0 Å². The van der Waals surface area contributed by atoms with Crippen LogP contribution >= 0.6 is 0 Å². The Morgan fingerprint density at radius 2 is 2.10 bits per heavy atom. The maximum Gasteiger partial charge on any atom is 0.0239 e. The largest absolute Gasteiger partial charge is 0.316 e. The van der Waals surface area contributed by atoms with E-state index < -0.39 is 0 Å². The van der Waals surface area contributed by atoms with E-state index >= 15 is 0 Å². The molecule has 1 aromatic rings. The Labute approximate surface area is 122 Å². The van der Waals surface area contributed by atoms with Crippen LogP contribution in [0.25, 0.3) is 0 Å². The molecule has 1 saturated carbocycles. The van der Waals surface area contributed by atoms with Crippen molar-refractivity contribution in [3.63, 3.8) is 0 Å². The fraction of sp³-hybridized carbons (Fsp3) is 0.667. The van der Waals surface area contributed by atoms with E-state index in [1.54, 1.807) is 5.56 Å². The monoisotopic (exact) mass is 270 g/mol. The van der Waals surface area contributed by atoms with E-state index in [4.69, 9.17) is 0 Å². The average molecular weight is 270 g/mol. The van der Waals surface area contributed by atoms with Crippen LogP contribution in [0.2, 0.25) is 0 Å². The zero-order valence-electron chi connectivity index (χ0n) is 12.7. The second-order valence-corrected chi connectivity index (χ2v) is 7.58. The first kappa shape index (κ1) is 12.8. The second-order valence-electron chi connectivity index (χ2n) is 7.58. The van der Waals surface area contributed by atoms with Crippen LogP contribution < -0.4 is 5.32 Å². The van der Waals surface area contributed by atoms with Crippen molar-refractivity contribution in [2.45, 2.75) is 44.7 Å². The molecule has 2 saturated heterocycles. The first-order chi connectivity index (χ1) is 9.64. The second kappa shape index (κ2) is 4.57. The topological polar surface area (TPSA) is 15.3 Å². The number of rotatable bonds is 3. The summed E-state index contributed by atoms with van der Waals surface area (Å²) in [6.07, 6.45) is 2.79. The van der Waals surface area contributed by atoms with E-state index in [0.29, 0.717) is 5.54 Å². The van der Waals surface area contributed by atoms with E-state index in [1.165, 1.54) is 38.0 Å². The average Bonchev–Trinajstić information content (AvgIpc) is 3.12. The van der Waals surface area contributed by atoms with Gasteiger partial charge in [-0.2, -0.15) is 0 Å². The molecule has 1 aromatic carbocycles. The van der Waals surface area contributed by atoms with E-state index in [2.05, 4.69) is 48.3 Å². The summed E-state index contributed by atoms with van der Waals surface area (Å²) in [7, 11) is 0. The lowest BCUT2D eigenvalue weighted by Gasteiger charge is -2.35. The number of hydrogen-bond donors (Lipinski definition) is 1. The maximum atomic E-state index is 3.57. The highest BCUT2D eigenvalue weighted by molar-refractivity contribution is 5.29. The molecule has 0 amide bonds. The molecule has 0 spiro atoms. The highest BCUT2D eigenvalue weighted by Gasteiger charge is 2.49. The van der Waals surface area contributed by atoms with Crippen molar-refractivity contribution in [2.75, 3.05) is 19.6 Å². The zero-order valence-corrected chi connectivity index (χ0v) is 12.7. The molecule has 108 valence electrons. The molecule has 2 heteroatoms. The van der Waals surface area contributed by atoms with Gasteiger partial charge in [0.25, 0.3) is 0 Å². The van der Waals surface area contributed by atoms with Crippen molar-refractivity contribution in [1.82, 2.24) is 10.2 Å². The van der Waals surface area contributed by atoms with Gasteiger partial charge in [0.05, 0.1) is 0 Å². The van der Waals surface area contributed by atoms with Crippen molar-refractivity contribution in [3.05, 3.63) is 35.4 Å². The molecule has 3 aliphatic rings. The Morgan fingerprint density at radius 3 is 2.85 bits per heavy atom. The number of hydrogen-bond acceptors (Lipinski definition) is 2.